The van der Waals surface area contributed by atoms with Crippen LogP contribution in [0.4, 0.5) is 0 Å². The van der Waals surface area contributed by atoms with Crippen LogP contribution in [-0.4, -0.2) is 13.7 Å². The standard InChI is InChI=1S/C18H23NO/c1-5-20-16-10-7-9-15(12-16)18(19-4)17-11-6-8-13(2)14(17)3/h6-12,18-19H,5H2,1-4H3. The fourth-order valence-corrected chi connectivity index (χ4v) is 2.54. The molecule has 2 heteroatoms. The number of rotatable bonds is 5. The maximum Gasteiger partial charge on any atom is 0.119 e. The molecule has 0 spiro atoms. The van der Waals surface area contributed by atoms with Gasteiger partial charge >= 0.3 is 0 Å². The summed E-state index contributed by atoms with van der Waals surface area (Å²) in [6, 6.07) is 15.0. The van der Waals surface area contributed by atoms with E-state index in [4.69, 9.17) is 4.74 Å². The van der Waals surface area contributed by atoms with E-state index in [0.717, 1.165) is 5.75 Å². The summed E-state index contributed by atoms with van der Waals surface area (Å²) in [5.74, 6) is 0.926. The van der Waals surface area contributed by atoms with Crippen molar-refractivity contribution < 1.29 is 4.74 Å². The summed E-state index contributed by atoms with van der Waals surface area (Å²) in [7, 11) is 2.00. The molecule has 0 aliphatic heterocycles. The molecule has 2 nitrogen and oxygen atoms in total. The summed E-state index contributed by atoms with van der Waals surface area (Å²) in [6.07, 6.45) is 0. The SMILES string of the molecule is CCOc1cccc(C(NC)c2cccc(C)c2C)c1. The lowest BCUT2D eigenvalue weighted by molar-refractivity contribution is 0.339. The van der Waals surface area contributed by atoms with Gasteiger partial charge in [-0.25, -0.2) is 0 Å². The lowest BCUT2D eigenvalue weighted by Crippen LogP contribution is -2.19. The van der Waals surface area contributed by atoms with Gasteiger partial charge in [-0.3, -0.25) is 0 Å². The Balaban J connectivity index is 2.41. The molecule has 2 rings (SSSR count). The quantitative estimate of drug-likeness (QED) is 0.885. The third-order valence-electron chi connectivity index (χ3n) is 3.75. The molecule has 1 atom stereocenters. The molecular formula is C18H23NO. The fourth-order valence-electron chi connectivity index (χ4n) is 2.54. The summed E-state index contributed by atoms with van der Waals surface area (Å²) in [4.78, 5) is 0. The molecule has 0 heterocycles. The second kappa shape index (κ2) is 6.58. The van der Waals surface area contributed by atoms with E-state index in [0.29, 0.717) is 6.61 Å². The van der Waals surface area contributed by atoms with Gasteiger partial charge in [0.2, 0.25) is 0 Å². The van der Waals surface area contributed by atoms with Gasteiger partial charge in [-0.15, -0.1) is 0 Å². The van der Waals surface area contributed by atoms with Gasteiger partial charge in [0, 0.05) is 0 Å². The Morgan fingerprint density at radius 3 is 2.55 bits per heavy atom. The van der Waals surface area contributed by atoms with Gasteiger partial charge in [-0.2, -0.15) is 0 Å². The lowest BCUT2D eigenvalue weighted by atomic mass is 9.93. The van der Waals surface area contributed by atoms with Crippen LogP contribution in [0.15, 0.2) is 42.5 Å². The molecule has 2 aromatic rings. The molecule has 0 radical (unpaired) electrons. The normalized spacial score (nSPS) is 12.2. The average Bonchev–Trinajstić information content (AvgIpc) is 2.45. The van der Waals surface area contributed by atoms with Gasteiger partial charge in [-0.05, 0) is 62.2 Å². The third kappa shape index (κ3) is 3.02. The molecule has 0 saturated carbocycles. The van der Waals surface area contributed by atoms with Crippen molar-refractivity contribution in [3.63, 3.8) is 0 Å². The van der Waals surface area contributed by atoms with Crippen molar-refractivity contribution in [2.75, 3.05) is 13.7 Å². The highest BCUT2D eigenvalue weighted by Gasteiger charge is 2.15. The Kier molecular flexibility index (Phi) is 4.80. The van der Waals surface area contributed by atoms with Crippen LogP contribution in [0.25, 0.3) is 0 Å². The van der Waals surface area contributed by atoms with E-state index in [1.807, 2.05) is 20.0 Å². The van der Waals surface area contributed by atoms with E-state index in [-0.39, 0.29) is 6.04 Å². The molecule has 0 aromatic heterocycles. The zero-order chi connectivity index (χ0) is 14.5. The first-order valence-electron chi connectivity index (χ1n) is 7.13. The topological polar surface area (TPSA) is 21.3 Å². The first kappa shape index (κ1) is 14.6. The van der Waals surface area contributed by atoms with E-state index in [1.165, 1.54) is 22.3 Å². The highest BCUT2D eigenvalue weighted by molar-refractivity contribution is 5.42. The maximum atomic E-state index is 5.60. The highest BCUT2D eigenvalue weighted by atomic mass is 16.5. The minimum Gasteiger partial charge on any atom is -0.494 e. The van der Waals surface area contributed by atoms with E-state index in [9.17, 15) is 0 Å². The van der Waals surface area contributed by atoms with Crippen LogP contribution in [0.2, 0.25) is 0 Å². The average molecular weight is 269 g/mol. The number of nitrogens with one attached hydrogen (secondary N) is 1. The monoisotopic (exact) mass is 269 g/mol. The summed E-state index contributed by atoms with van der Waals surface area (Å²) in [6.45, 7) is 7.04. The third-order valence-corrected chi connectivity index (χ3v) is 3.75. The molecule has 20 heavy (non-hydrogen) atoms. The second-order valence-electron chi connectivity index (χ2n) is 5.02. The van der Waals surface area contributed by atoms with Crippen molar-refractivity contribution in [3.05, 3.63) is 64.7 Å². The van der Waals surface area contributed by atoms with E-state index in [1.54, 1.807) is 0 Å². The van der Waals surface area contributed by atoms with Crippen LogP contribution in [0.3, 0.4) is 0 Å². The summed E-state index contributed by atoms with van der Waals surface area (Å²) in [5.41, 5.74) is 5.21. The smallest absolute Gasteiger partial charge is 0.119 e. The summed E-state index contributed by atoms with van der Waals surface area (Å²) < 4.78 is 5.60. The number of hydrogen-bond donors (Lipinski definition) is 1. The van der Waals surface area contributed by atoms with Crippen LogP contribution < -0.4 is 10.1 Å². The van der Waals surface area contributed by atoms with Crippen LogP contribution >= 0.6 is 0 Å². The van der Waals surface area contributed by atoms with Crippen molar-refractivity contribution in [3.8, 4) is 5.75 Å². The number of aryl methyl sites for hydroxylation is 1. The van der Waals surface area contributed by atoms with Gasteiger partial charge in [0.1, 0.15) is 5.75 Å². The Bertz CT molecular complexity index is 577. The first-order valence-corrected chi connectivity index (χ1v) is 7.13. The van der Waals surface area contributed by atoms with Crippen LogP contribution in [0.1, 0.15) is 35.2 Å². The van der Waals surface area contributed by atoms with Crippen LogP contribution in [-0.2, 0) is 0 Å². The van der Waals surface area contributed by atoms with E-state index >= 15 is 0 Å². The number of benzene rings is 2. The Morgan fingerprint density at radius 2 is 1.85 bits per heavy atom. The lowest BCUT2D eigenvalue weighted by Gasteiger charge is -2.21. The predicted octanol–water partition coefficient (Wildman–Crippen LogP) is 4.01. The van der Waals surface area contributed by atoms with Crippen molar-refractivity contribution >= 4 is 0 Å². The predicted molar refractivity (Wildman–Crippen MR) is 84.4 cm³/mol. The Morgan fingerprint density at radius 1 is 1.10 bits per heavy atom. The molecule has 0 aliphatic carbocycles. The Hall–Kier alpha value is -1.80. The van der Waals surface area contributed by atoms with Gasteiger partial charge in [-0.1, -0.05) is 30.3 Å². The van der Waals surface area contributed by atoms with Crippen molar-refractivity contribution in [2.24, 2.45) is 0 Å². The van der Waals surface area contributed by atoms with Gasteiger partial charge in [0.15, 0.2) is 0 Å². The first-order chi connectivity index (χ1) is 9.67. The van der Waals surface area contributed by atoms with Crippen LogP contribution in [0.5, 0.6) is 5.75 Å². The van der Waals surface area contributed by atoms with E-state index < -0.39 is 0 Å². The fraction of sp³-hybridized carbons (Fsp3) is 0.333. The summed E-state index contributed by atoms with van der Waals surface area (Å²) >= 11 is 0. The maximum absolute atomic E-state index is 5.60. The minimum absolute atomic E-state index is 0.190. The van der Waals surface area contributed by atoms with E-state index in [2.05, 4.69) is 55.6 Å². The molecule has 2 aromatic carbocycles. The largest absolute Gasteiger partial charge is 0.494 e. The van der Waals surface area contributed by atoms with Gasteiger partial charge in [0.25, 0.3) is 0 Å². The minimum atomic E-state index is 0.190. The summed E-state index contributed by atoms with van der Waals surface area (Å²) in [5, 5.41) is 3.42. The molecule has 0 aliphatic rings. The van der Waals surface area contributed by atoms with Crippen molar-refractivity contribution in [1.82, 2.24) is 5.32 Å². The zero-order valence-electron chi connectivity index (χ0n) is 12.7. The molecule has 0 fully saturated rings. The number of hydrogen-bond acceptors (Lipinski definition) is 2. The molecule has 1 unspecified atom stereocenters. The molecule has 0 saturated heterocycles. The van der Waals surface area contributed by atoms with Crippen molar-refractivity contribution in [2.45, 2.75) is 26.8 Å². The molecule has 1 N–H and O–H groups in total. The van der Waals surface area contributed by atoms with Crippen molar-refractivity contribution in [1.29, 1.82) is 0 Å². The molecular weight excluding hydrogens is 246 g/mol. The van der Waals surface area contributed by atoms with Gasteiger partial charge < -0.3 is 10.1 Å². The second-order valence-corrected chi connectivity index (χ2v) is 5.02. The zero-order valence-corrected chi connectivity index (χ0v) is 12.7. The van der Waals surface area contributed by atoms with Gasteiger partial charge in [0.05, 0.1) is 12.6 Å². The molecule has 0 bridgehead atoms. The molecule has 0 amide bonds. The number of ether oxygens (including phenoxy) is 1. The highest BCUT2D eigenvalue weighted by Crippen LogP contribution is 2.28. The molecule has 106 valence electrons. The van der Waals surface area contributed by atoms with Crippen LogP contribution in [0, 0.1) is 13.8 Å². The Labute approximate surface area is 121 Å².